The van der Waals surface area contributed by atoms with E-state index in [2.05, 4.69) is 10.3 Å². The molecule has 204 valence electrons. The minimum Gasteiger partial charge on any atom is -0.504 e. The Morgan fingerprint density at radius 2 is 1.77 bits per heavy atom. The number of ether oxygens (including phenoxy) is 1. The Hall–Kier alpha value is -4.63. The van der Waals surface area contributed by atoms with E-state index in [1.807, 2.05) is 43.3 Å². The molecule has 0 saturated carbocycles. The maximum Gasteiger partial charge on any atom is 0.325 e. The van der Waals surface area contributed by atoms with Crippen molar-refractivity contribution >= 4 is 34.4 Å². The largest absolute Gasteiger partial charge is 0.504 e. The van der Waals surface area contributed by atoms with Crippen molar-refractivity contribution in [3.63, 3.8) is 0 Å². The fraction of sp³-hybridized carbons (Fsp3) is 0.258. The topological polar surface area (TPSA) is 132 Å². The molecule has 0 bridgehead atoms. The highest BCUT2D eigenvalue weighted by atomic mass is 16.5. The Morgan fingerprint density at radius 1 is 1.02 bits per heavy atom. The number of carboxylic acid groups (broad SMARTS) is 1. The summed E-state index contributed by atoms with van der Waals surface area (Å²) in [6.45, 7) is 2.01. The molecule has 6 rings (SSSR count). The lowest BCUT2D eigenvalue weighted by atomic mass is 9.76. The van der Waals surface area contributed by atoms with Crippen molar-refractivity contribution in [2.75, 3.05) is 12.0 Å². The molecule has 2 aliphatic rings. The van der Waals surface area contributed by atoms with E-state index in [9.17, 15) is 24.6 Å². The second-order valence-corrected chi connectivity index (χ2v) is 10.4. The number of amides is 2. The van der Waals surface area contributed by atoms with Crippen molar-refractivity contribution in [3.8, 4) is 11.5 Å². The van der Waals surface area contributed by atoms with Gasteiger partial charge in [-0.05, 0) is 41.8 Å². The molecule has 9 heteroatoms. The van der Waals surface area contributed by atoms with Crippen LogP contribution >= 0.6 is 0 Å². The third-order valence-corrected chi connectivity index (χ3v) is 8.37. The minimum absolute atomic E-state index is 0.0592. The molecule has 4 aromatic rings. The third kappa shape index (κ3) is 3.69. The number of carboxylic acids is 1. The Labute approximate surface area is 230 Å². The van der Waals surface area contributed by atoms with Gasteiger partial charge in [-0.15, -0.1) is 0 Å². The number of hydrogen-bond donors (Lipinski definition) is 4. The lowest BCUT2D eigenvalue weighted by molar-refractivity contribution is -0.148. The standard InChI is InChI=1S/C31H29N3O6/c1-3-17-11-13-19(14-12-17)34-28(36)24-25(29(34)37)31(30(38)39,15-18-16-32-22-9-5-4-7-20(18)22)33-26(24)21-8-6-10-23(40-2)27(21)35/h4-14,16,24-26,32-33,35H,3,15H2,1-2H3,(H,38,39). The van der Waals surface area contributed by atoms with E-state index in [1.165, 1.54) is 7.11 Å². The first-order valence-electron chi connectivity index (χ1n) is 13.2. The number of aryl methyl sites for hydroxylation is 1. The highest BCUT2D eigenvalue weighted by molar-refractivity contribution is 6.24. The molecule has 2 saturated heterocycles. The van der Waals surface area contributed by atoms with Crippen molar-refractivity contribution in [2.24, 2.45) is 11.8 Å². The molecule has 1 aromatic heterocycles. The zero-order chi connectivity index (χ0) is 28.2. The molecule has 4 unspecified atom stereocenters. The van der Waals surface area contributed by atoms with Gasteiger partial charge >= 0.3 is 5.97 Å². The molecule has 0 aliphatic carbocycles. The van der Waals surface area contributed by atoms with Crippen LogP contribution in [0.2, 0.25) is 0 Å². The molecule has 4 N–H and O–H groups in total. The highest BCUT2D eigenvalue weighted by Crippen LogP contribution is 2.53. The van der Waals surface area contributed by atoms with Gasteiger partial charge in [-0.2, -0.15) is 0 Å². The number of imide groups is 1. The summed E-state index contributed by atoms with van der Waals surface area (Å²) in [7, 11) is 1.41. The van der Waals surface area contributed by atoms with Gasteiger partial charge in [-0.1, -0.05) is 49.4 Å². The van der Waals surface area contributed by atoms with Crippen LogP contribution in [0.15, 0.2) is 72.9 Å². The smallest absolute Gasteiger partial charge is 0.325 e. The van der Waals surface area contributed by atoms with Gasteiger partial charge in [-0.25, -0.2) is 4.90 Å². The SMILES string of the molecule is CCc1ccc(N2C(=O)C3C(c4cccc(OC)c4O)NC(Cc4c[nH]c5ccccc45)(C(=O)O)C3C2=O)cc1. The van der Waals surface area contributed by atoms with E-state index >= 15 is 0 Å². The quantitative estimate of drug-likeness (QED) is 0.261. The van der Waals surface area contributed by atoms with Gasteiger partial charge in [0.05, 0.1) is 24.6 Å². The molecule has 3 heterocycles. The van der Waals surface area contributed by atoms with Gasteiger partial charge in [0, 0.05) is 35.1 Å². The number of aliphatic carboxylic acids is 1. The van der Waals surface area contributed by atoms with E-state index in [0.29, 0.717) is 16.8 Å². The fourth-order valence-electron chi connectivity index (χ4n) is 6.37. The molecule has 2 amide bonds. The first kappa shape index (κ1) is 25.6. The number of aromatic hydroxyl groups is 1. The van der Waals surface area contributed by atoms with Crippen LogP contribution in [0.4, 0.5) is 5.69 Å². The maximum atomic E-state index is 14.2. The summed E-state index contributed by atoms with van der Waals surface area (Å²) in [6, 6.07) is 18.5. The van der Waals surface area contributed by atoms with Crippen LogP contribution < -0.4 is 15.0 Å². The number of nitrogens with zero attached hydrogens (tertiary/aromatic N) is 1. The van der Waals surface area contributed by atoms with Crippen LogP contribution in [-0.4, -0.2) is 45.6 Å². The number of aromatic nitrogens is 1. The average Bonchev–Trinajstić information content (AvgIpc) is 3.61. The van der Waals surface area contributed by atoms with E-state index in [-0.39, 0.29) is 17.9 Å². The number of methoxy groups -OCH3 is 1. The van der Waals surface area contributed by atoms with Gasteiger partial charge in [0.1, 0.15) is 5.54 Å². The first-order valence-corrected chi connectivity index (χ1v) is 13.2. The number of phenolic OH excluding ortho intramolecular Hbond substituents is 1. The molecule has 0 spiro atoms. The third-order valence-electron chi connectivity index (χ3n) is 8.37. The van der Waals surface area contributed by atoms with Gasteiger partial charge in [-0.3, -0.25) is 19.7 Å². The number of phenols is 1. The summed E-state index contributed by atoms with van der Waals surface area (Å²) in [6.07, 6.45) is 2.47. The number of benzene rings is 3. The van der Waals surface area contributed by atoms with Crippen LogP contribution in [0, 0.1) is 11.8 Å². The molecule has 4 atom stereocenters. The van der Waals surface area contributed by atoms with Crippen molar-refractivity contribution < 1.29 is 29.3 Å². The number of carbonyl (C=O) groups excluding carboxylic acids is 2. The summed E-state index contributed by atoms with van der Waals surface area (Å²) in [5.74, 6) is -4.67. The van der Waals surface area contributed by atoms with Gasteiger partial charge < -0.3 is 19.9 Å². The number of rotatable bonds is 7. The number of carbonyl (C=O) groups is 3. The normalized spacial score (nSPS) is 24.1. The predicted octanol–water partition coefficient (Wildman–Crippen LogP) is 3.96. The Bertz CT molecular complexity index is 1640. The number of anilines is 1. The summed E-state index contributed by atoms with van der Waals surface area (Å²) < 4.78 is 5.29. The predicted molar refractivity (Wildman–Crippen MR) is 148 cm³/mol. The summed E-state index contributed by atoms with van der Waals surface area (Å²) in [4.78, 5) is 45.8. The second kappa shape index (κ2) is 9.53. The Balaban J connectivity index is 1.52. The Morgan fingerprint density at radius 3 is 2.48 bits per heavy atom. The molecule has 0 radical (unpaired) electrons. The zero-order valence-corrected chi connectivity index (χ0v) is 22.0. The number of H-pyrrole nitrogens is 1. The van der Waals surface area contributed by atoms with Crippen LogP contribution in [0.1, 0.15) is 29.7 Å². The van der Waals surface area contributed by atoms with Crippen molar-refractivity contribution in [3.05, 3.63) is 89.6 Å². The number of nitrogens with one attached hydrogen (secondary N) is 2. The molecular formula is C31H29N3O6. The van der Waals surface area contributed by atoms with E-state index in [1.54, 1.807) is 36.5 Å². The van der Waals surface area contributed by atoms with Crippen molar-refractivity contribution in [2.45, 2.75) is 31.3 Å². The first-order chi connectivity index (χ1) is 19.3. The molecule has 3 aromatic carbocycles. The molecule has 40 heavy (non-hydrogen) atoms. The van der Waals surface area contributed by atoms with Gasteiger partial charge in [0.15, 0.2) is 11.5 Å². The average molecular weight is 540 g/mol. The van der Waals surface area contributed by atoms with Crippen molar-refractivity contribution in [1.82, 2.24) is 10.3 Å². The molecule has 9 nitrogen and oxygen atoms in total. The van der Waals surface area contributed by atoms with Gasteiger partial charge in [0.25, 0.3) is 0 Å². The number of para-hydroxylation sites is 2. The fourth-order valence-corrected chi connectivity index (χ4v) is 6.37. The number of hydrogen-bond acceptors (Lipinski definition) is 6. The van der Waals surface area contributed by atoms with E-state index in [4.69, 9.17) is 4.74 Å². The van der Waals surface area contributed by atoms with Crippen LogP contribution in [0.3, 0.4) is 0 Å². The monoisotopic (exact) mass is 539 g/mol. The van der Waals surface area contributed by atoms with Gasteiger partial charge in [0.2, 0.25) is 11.8 Å². The van der Waals surface area contributed by atoms with Crippen molar-refractivity contribution in [1.29, 1.82) is 0 Å². The summed E-state index contributed by atoms with van der Waals surface area (Å²) in [5, 5.41) is 25.8. The molecular weight excluding hydrogens is 510 g/mol. The zero-order valence-electron chi connectivity index (χ0n) is 22.0. The molecule has 2 fully saturated rings. The van der Waals surface area contributed by atoms with Crippen LogP contribution in [0.5, 0.6) is 11.5 Å². The molecule has 2 aliphatic heterocycles. The second-order valence-electron chi connectivity index (χ2n) is 10.4. The number of fused-ring (bicyclic) bond motifs is 2. The lowest BCUT2D eigenvalue weighted by Gasteiger charge is -2.31. The van der Waals surface area contributed by atoms with E-state index < -0.39 is 41.2 Å². The minimum atomic E-state index is -1.83. The number of aromatic amines is 1. The lowest BCUT2D eigenvalue weighted by Crippen LogP contribution is -2.57. The van der Waals surface area contributed by atoms with E-state index in [0.717, 1.165) is 27.8 Å². The highest BCUT2D eigenvalue weighted by Gasteiger charge is 2.69. The van der Waals surface area contributed by atoms with Crippen LogP contribution in [0.25, 0.3) is 10.9 Å². The summed E-state index contributed by atoms with van der Waals surface area (Å²) >= 11 is 0. The maximum absolute atomic E-state index is 14.2. The summed E-state index contributed by atoms with van der Waals surface area (Å²) in [5.41, 5.74) is 1.43. The van der Waals surface area contributed by atoms with Crippen LogP contribution in [-0.2, 0) is 27.2 Å². The Kier molecular flexibility index (Phi) is 6.11.